The molecule has 1 aromatic heterocycles. The maximum absolute atomic E-state index is 14.1. The Morgan fingerprint density at radius 3 is 2.29 bits per heavy atom. The van der Waals surface area contributed by atoms with E-state index in [0.29, 0.717) is 25.0 Å². The number of anilines is 2. The number of hydrogen-bond acceptors (Lipinski definition) is 7. The van der Waals surface area contributed by atoms with Crippen LogP contribution in [-0.2, 0) is 14.8 Å². The van der Waals surface area contributed by atoms with Gasteiger partial charge in [-0.25, -0.2) is 37.1 Å². The average molecular weight is 453 g/mol. The second kappa shape index (κ2) is 7.68. The first-order valence-electron chi connectivity index (χ1n) is 9.62. The summed E-state index contributed by atoms with van der Waals surface area (Å²) in [6.45, 7) is 1.97. The molecule has 0 atom stereocenters. The summed E-state index contributed by atoms with van der Waals surface area (Å²) in [6, 6.07) is 1.23. The molecule has 9 nitrogen and oxygen atoms in total. The van der Waals surface area contributed by atoms with Gasteiger partial charge in [-0.15, -0.1) is 0 Å². The normalized spacial score (nSPS) is 21.7. The van der Waals surface area contributed by atoms with Crippen LogP contribution in [0.15, 0.2) is 29.4 Å². The van der Waals surface area contributed by atoms with Gasteiger partial charge in [0.15, 0.2) is 11.6 Å². The van der Waals surface area contributed by atoms with Crippen molar-refractivity contribution in [1.29, 1.82) is 0 Å². The Labute approximate surface area is 177 Å². The van der Waals surface area contributed by atoms with Crippen LogP contribution in [-0.4, -0.2) is 36.1 Å². The van der Waals surface area contributed by atoms with Crippen LogP contribution in [0.3, 0.4) is 0 Å². The minimum Gasteiger partial charge on any atom is -0.446 e. The molecule has 0 unspecified atom stereocenters. The van der Waals surface area contributed by atoms with Crippen LogP contribution in [0, 0.1) is 11.6 Å². The maximum Gasteiger partial charge on any atom is 0.407 e. The van der Waals surface area contributed by atoms with Crippen LogP contribution in [0.5, 0.6) is 0 Å². The second-order valence-corrected chi connectivity index (χ2v) is 9.71. The van der Waals surface area contributed by atoms with Gasteiger partial charge in [-0.3, -0.25) is 0 Å². The van der Waals surface area contributed by atoms with Gasteiger partial charge in [0.1, 0.15) is 11.8 Å². The standard InChI is InChI=1S/C19H21F2N5O4S/c1-19(2-3-19)26-18(27)30-12-4-10(5-12)11-8-23-17(24-9-11)25-16-14(20)6-13(7-15(16)21)31(22,28)29/h6-10,12H,2-5H2,1H3,(H,26,27)(H2,22,28,29)(H,23,24,25)/t10-,12+. The quantitative estimate of drug-likeness (QED) is 0.612. The van der Waals surface area contributed by atoms with Crippen LogP contribution in [0.2, 0.25) is 0 Å². The highest BCUT2D eigenvalue weighted by atomic mass is 32.2. The van der Waals surface area contributed by atoms with Gasteiger partial charge in [-0.05, 0) is 56.2 Å². The first-order valence-corrected chi connectivity index (χ1v) is 11.2. The van der Waals surface area contributed by atoms with Gasteiger partial charge in [0, 0.05) is 17.9 Å². The number of nitrogens with zero attached hydrogens (tertiary/aromatic N) is 2. The molecular weight excluding hydrogens is 432 g/mol. The molecular formula is C19H21F2N5O4S. The summed E-state index contributed by atoms with van der Waals surface area (Å²) >= 11 is 0. The molecule has 4 N–H and O–H groups in total. The largest absolute Gasteiger partial charge is 0.446 e. The maximum atomic E-state index is 14.1. The molecule has 0 radical (unpaired) electrons. The highest BCUT2D eigenvalue weighted by Crippen LogP contribution is 2.39. The van der Waals surface area contributed by atoms with Gasteiger partial charge >= 0.3 is 6.09 Å². The van der Waals surface area contributed by atoms with Gasteiger partial charge < -0.3 is 15.4 Å². The van der Waals surface area contributed by atoms with Crippen LogP contribution < -0.4 is 15.8 Å². The number of rotatable bonds is 6. The van der Waals surface area contributed by atoms with Crippen molar-refractivity contribution in [1.82, 2.24) is 15.3 Å². The predicted octanol–water partition coefficient (Wildman–Crippen LogP) is 2.67. The fraction of sp³-hybridized carbons (Fsp3) is 0.421. The zero-order chi connectivity index (χ0) is 22.4. The Morgan fingerprint density at radius 2 is 1.77 bits per heavy atom. The van der Waals surface area contributed by atoms with Gasteiger partial charge in [0.05, 0.1) is 4.90 Å². The van der Waals surface area contributed by atoms with Crippen LogP contribution in [0.4, 0.5) is 25.2 Å². The number of carbonyl (C=O) groups excluding carboxylic acids is 1. The zero-order valence-corrected chi connectivity index (χ0v) is 17.4. The van der Waals surface area contributed by atoms with Crippen molar-refractivity contribution in [3.63, 3.8) is 0 Å². The smallest absolute Gasteiger partial charge is 0.407 e. The monoisotopic (exact) mass is 453 g/mol. The molecule has 1 amide bonds. The summed E-state index contributed by atoms with van der Waals surface area (Å²) in [6.07, 6.45) is 5.65. The van der Waals surface area contributed by atoms with Crippen molar-refractivity contribution in [3.8, 4) is 0 Å². The van der Waals surface area contributed by atoms with E-state index >= 15 is 0 Å². The number of alkyl carbamates (subject to hydrolysis) is 1. The Bertz CT molecular complexity index is 1090. The first-order chi connectivity index (χ1) is 14.5. The Morgan fingerprint density at radius 1 is 1.19 bits per heavy atom. The van der Waals surface area contributed by atoms with E-state index < -0.39 is 38.3 Å². The number of benzene rings is 1. The Kier molecular flexibility index (Phi) is 5.30. The fourth-order valence-electron chi connectivity index (χ4n) is 3.23. The molecule has 1 heterocycles. The lowest BCUT2D eigenvalue weighted by Crippen LogP contribution is -2.40. The van der Waals surface area contributed by atoms with Crippen molar-refractivity contribution in [2.24, 2.45) is 5.14 Å². The van der Waals surface area contributed by atoms with Crippen LogP contribution in [0.1, 0.15) is 44.1 Å². The molecule has 2 fully saturated rings. The molecule has 0 spiro atoms. The summed E-state index contributed by atoms with van der Waals surface area (Å²) < 4.78 is 56.1. The van der Waals surface area contributed by atoms with E-state index in [1.165, 1.54) is 12.4 Å². The van der Waals surface area contributed by atoms with Crippen molar-refractivity contribution >= 4 is 27.8 Å². The predicted molar refractivity (Wildman–Crippen MR) is 106 cm³/mol. The number of ether oxygens (including phenoxy) is 1. The first kappa shape index (κ1) is 21.4. The van der Waals surface area contributed by atoms with E-state index in [-0.39, 0.29) is 23.5 Å². The molecule has 0 aliphatic heterocycles. The molecule has 4 rings (SSSR count). The highest BCUT2D eigenvalue weighted by Gasteiger charge is 2.41. The number of carbonyl (C=O) groups is 1. The van der Waals surface area contributed by atoms with Crippen LogP contribution in [0.25, 0.3) is 0 Å². The Balaban J connectivity index is 1.34. The molecule has 166 valence electrons. The van der Waals surface area contributed by atoms with E-state index in [9.17, 15) is 22.0 Å². The zero-order valence-electron chi connectivity index (χ0n) is 16.6. The second-order valence-electron chi connectivity index (χ2n) is 8.15. The molecule has 31 heavy (non-hydrogen) atoms. The number of nitrogens with two attached hydrogens (primary N) is 1. The van der Waals surface area contributed by atoms with E-state index in [2.05, 4.69) is 20.6 Å². The van der Waals surface area contributed by atoms with Gasteiger partial charge in [-0.2, -0.15) is 0 Å². The van der Waals surface area contributed by atoms with Crippen molar-refractivity contribution in [3.05, 3.63) is 41.7 Å². The molecule has 0 saturated heterocycles. The van der Waals surface area contributed by atoms with Crippen molar-refractivity contribution in [2.75, 3.05) is 5.32 Å². The summed E-state index contributed by atoms with van der Waals surface area (Å²) in [4.78, 5) is 19.3. The number of hydrogen-bond donors (Lipinski definition) is 3. The van der Waals surface area contributed by atoms with Gasteiger partial charge in [-0.1, -0.05) is 0 Å². The lowest BCUT2D eigenvalue weighted by atomic mass is 9.78. The molecule has 12 heteroatoms. The minimum absolute atomic E-state index is 0.0610. The number of amides is 1. The van der Waals surface area contributed by atoms with E-state index in [4.69, 9.17) is 9.88 Å². The third-order valence-electron chi connectivity index (χ3n) is 5.50. The minimum atomic E-state index is -4.24. The molecule has 2 aliphatic rings. The molecule has 0 bridgehead atoms. The SMILES string of the molecule is CC1(NC(=O)O[C@H]2C[C@@H](c3cnc(Nc4c(F)cc(S(N)(=O)=O)cc4F)nc3)C2)CC1. The number of nitrogens with one attached hydrogen (secondary N) is 2. The number of primary sulfonamides is 1. The summed E-state index contributed by atoms with van der Waals surface area (Å²) in [7, 11) is -4.24. The highest BCUT2D eigenvalue weighted by molar-refractivity contribution is 7.89. The van der Waals surface area contributed by atoms with Crippen LogP contribution >= 0.6 is 0 Å². The summed E-state index contributed by atoms with van der Waals surface area (Å²) in [5.74, 6) is -2.23. The van der Waals surface area contributed by atoms with E-state index in [0.717, 1.165) is 18.4 Å². The van der Waals surface area contributed by atoms with Crippen molar-refractivity contribution < 1.29 is 26.7 Å². The number of sulfonamides is 1. The van der Waals surface area contributed by atoms with Crippen molar-refractivity contribution in [2.45, 2.75) is 55.1 Å². The lowest BCUT2D eigenvalue weighted by molar-refractivity contribution is 0.0373. The summed E-state index contributed by atoms with van der Waals surface area (Å²) in [5.41, 5.74) is 0.0903. The topological polar surface area (TPSA) is 136 Å². The third kappa shape index (κ3) is 4.90. The fourth-order valence-corrected chi connectivity index (χ4v) is 3.77. The molecule has 2 saturated carbocycles. The lowest BCUT2D eigenvalue weighted by Gasteiger charge is -2.34. The number of aromatic nitrogens is 2. The van der Waals surface area contributed by atoms with Gasteiger partial charge in [0.2, 0.25) is 16.0 Å². The van der Waals surface area contributed by atoms with E-state index in [1.54, 1.807) is 0 Å². The molecule has 1 aromatic carbocycles. The molecule has 2 aliphatic carbocycles. The van der Waals surface area contributed by atoms with Gasteiger partial charge in [0.25, 0.3) is 0 Å². The van der Waals surface area contributed by atoms with E-state index in [1.807, 2.05) is 6.92 Å². The average Bonchev–Trinajstić information content (AvgIpc) is 3.37. The number of halogens is 2. The summed E-state index contributed by atoms with van der Waals surface area (Å²) in [5, 5.41) is 10.1. The Hall–Kier alpha value is -2.86. The third-order valence-corrected chi connectivity index (χ3v) is 6.39. The molecule has 2 aromatic rings.